The number of carbonyl (C=O) groups excluding carboxylic acids is 1. The van der Waals surface area contributed by atoms with E-state index in [4.69, 9.17) is 16.3 Å². The summed E-state index contributed by atoms with van der Waals surface area (Å²) in [5.41, 5.74) is 0. The molecule has 0 atom stereocenters. The lowest BCUT2D eigenvalue weighted by atomic mass is 9.88. The van der Waals surface area contributed by atoms with Crippen molar-refractivity contribution in [2.75, 3.05) is 6.23 Å². The lowest BCUT2D eigenvalue weighted by Gasteiger charge is -2.28. The van der Waals surface area contributed by atoms with Gasteiger partial charge in [-0.2, -0.15) is 0 Å². The Kier molecular flexibility index (Phi) is 4.81. The molecule has 0 spiro atoms. The summed E-state index contributed by atoms with van der Waals surface area (Å²) in [7, 11) is -1.10. The van der Waals surface area contributed by atoms with Crippen LogP contribution in [0.25, 0.3) is 0 Å². The van der Waals surface area contributed by atoms with E-state index in [2.05, 4.69) is 19.6 Å². The van der Waals surface area contributed by atoms with E-state index in [0.717, 1.165) is 31.9 Å². The topological polar surface area (TPSA) is 26.3 Å². The summed E-state index contributed by atoms with van der Waals surface area (Å²) in [6.45, 7) is 6.92. The van der Waals surface area contributed by atoms with Gasteiger partial charge in [0.1, 0.15) is 0 Å². The zero-order valence-corrected chi connectivity index (χ0v) is 11.6. The molecule has 0 amide bonds. The maximum atomic E-state index is 11.0. The van der Waals surface area contributed by atoms with Crippen LogP contribution in [0.1, 0.15) is 25.7 Å². The molecule has 4 heteroatoms. The third-order valence-corrected chi connectivity index (χ3v) is 4.09. The summed E-state index contributed by atoms with van der Waals surface area (Å²) >= 11 is 5.48. The van der Waals surface area contributed by atoms with Crippen LogP contribution in [-0.4, -0.2) is 25.7 Å². The summed E-state index contributed by atoms with van der Waals surface area (Å²) in [6.07, 6.45) is 5.08. The van der Waals surface area contributed by atoms with Crippen LogP contribution in [0.4, 0.5) is 0 Å². The quantitative estimate of drug-likeness (QED) is 0.564. The van der Waals surface area contributed by atoms with E-state index in [1.807, 2.05) is 0 Å². The Bertz CT molecular complexity index is 217. The van der Waals surface area contributed by atoms with Gasteiger partial charge in [-0.05, 0) is 37.3 Å². The lowest BCUT2D eigenvalue weighted by Crippen LogP contribution is -2.33. The van der Waals surface area contributed by atoms with Gasteiger partial charge in [-0.25, -0.2) is 0 Å². The number of halogens is 1. The van der Waals surface area contributed by atoms with Crippen molar-refractivity contribution in [2.45, 2.75) is 51.4 Å². The second-order valence-electron chi connectivity index (χ2n) is 5.65. The van der Waals surface area contributed by atoms with Crippen LogP contribution < -0.4 is 0 Å². The number of rotatable bonds is 4. The predicted molar refractivity (Wildman–Crippen MR) is 65.9 cm³/mol. The zero-order chi connectivity index (χ0) is 11.5. The molecular formula is C11H21ClO2Si. The Labute approximate surface area is 98.3 Å². The number of hydrogen-bond acceptors (Lipinski definition) is 2. The second-order valence-corrected chi connectivity index (χ2v) is 11.4. The third-order valence-electron chi connectivity index (χ3n) is 2.75. The van der Waals surface area contributed by atoms with Gasteiger partial charge in [0.15, 0.2) is 0 Å². The highest BCUT2D eigenvalue weighted by Crippen LogP contribution is 2.28. The van der Waals surface area contributed by atoms with Crippen molar-refractivity contribution in [2.24, 2.45) is 5.92 Å². The van der Waals surface area contributed by atoms with Crippen LogP contribution in [0.15, 0.2) is 0 Å². The monoisotopic (exact) mass is 248 g/mol. The van der Waals surface area contributed by atoms with Gasteiger partial charge in [0.2, 0.25) is 5.24 Å². The minimum absolute atomic E-state index is 0.0819. The molecule has 0 bridgehead atoms. The van der Waals surface area contributed by atoms with Crippen LogP contribution in [0.3, 0.4) is 0 Å². The average molecular weight is 249 g/mol. The van der Waals surface area contributed by atoms with Crippen molar-refractivity contribution < 1.29 is 9.53 Å². The fourth-order valence-corrected chi connectivity index (χ4v) is 2.78. The SMILES string of the molecule is C[Si](C)(C)COC1CCC(C(=O)Cl)CC1. The Morgan fingerprint density at radius 3 is 2.20 bits per heavy atom. The zero-order valence-electron chi connectivity index (χ0n) is 9.88. The molecule has 1 aliphatic rings. The molecule has 0 saturated heterocycles. The second kappa shape index (κ2) is 5.46. The number of carbonyl (C=O) groups is 1. The van der Waals surface area contributed by atoms with E-state index in [9.17, 15) is 4.79 Å². The molecular weight excluding hydrogens is 228 g/mol. The lowest BCUT2D eigenvalue weighted by molar-refractivity contribution is -0.116. The van der Waals surface area contributed by atoms with Gasteiger partial charge in [0.05, 0.1) is 14.2 Å². The van der Waals surface area contributed by atoms with Crippen molar-refractivity contribution >= 4 is 24.9 Å². The van der Waals surface area contributed by atoms with Gasteiger partial charge in [-0.15, -0.1) is 0 Å². The first-order valence-electron chi connectivity index (χ1n) is 5.69. The molecule has 0 aromatic carbocycles. The van der Waals surface area contributed by atoms with Crippen LogP contribution in [-0.2, 0) is 9.53 Å². The molecule has 1 rings (SSSR count). The summed E-state index contributed by atoms with van der Waals surface area (Å²) < 4.78 is 5.88. The summed E-state index contributed by atoms with van der Waals surface area (Å²) in [6, 6.07) is 0. The number of ether oxygens (including phenoxy) is 1. The molecule has 0 aliphatic heterocycles. The average Bonchev–Trinajstić information content (AvgIpc) is 2.14. The van der Waals surface area contributed by atoms with Gasteiger partial charge >= 0.3 is 0 Å². The maximum absolute atomic E-state index is 11.0. The maximum Gasteiger partial charge on any atom is 0.224 e. The van der Waals surface area contributed by atoms with Crippen molar-refractivity contribution in [3.63, 3.8) is 0 Å². The van der Waals surface area contributed by atoms with Gasteiger partial charge < -0.3 is 4.74 Å². The minimum Gasteiger partial charge on any atom is -0.382 e. The molecule has 0 aromatic rings. The Morgan fingerprint density at radius 2 is 1.80 bits per heavy atom. The van der Waals surface area contributed by atoms with Gasteiger partial charge in [-0.3, -0.25) is 4.79 Å². The van der Waals surface area contributed by atoms with E-state index in [1.54, 1.807) is 0 Å². The smallest absolute Gasteiger partial charge is 0.224 e. The normalized spacial score (nSPS) is 27.7. The fourth-order valence-electron chi connectivity index (χ4n) is 1.82. The van der Waals surface area contributed by atoms with Gasteiger partial charge in [-0.1, -0.05) is 19.6 Å². The van der Waals surface area contributed by atoms with E-state index >= 15 is 0 Å². The summed E-state index contributed by atoms with van der Waals surface area (Å²) in [5.74, 6) is 0.0819. The number of hydrogen-bond donors (Lipinski definition) is 0. The van der Waals surface area contributed by atoms with Crippen molar-refractivity contribution in [3.05, 3.63) is 0 Å². The van der Waals surface area contributed by atoms with E-state index < -0.39 is 8.07 Å². The van der Waals surface area contributed by atoms with Gasteiger partial charge in [0, 0.05) is 12.1 Å². The van der Waals surface area contributed by atoms with Gasteiger partial charge in [0.25, 0.3) is 0 Å². The molecule has 0 N–H and O–H groups in total. The molecule has 0 radical (unpaired) electrons. The largest absolute Gasteiger partial charge is 0.382 e. The highest BCUT2D eigenvalue weighted by molar-refractivity contribution is 6.76. The van der Waals surface area contributed by atoms with Crippen molar-refractivity contribution in [3.8, 4) is 0 Å². The summed E-state index contributed by atoms with van der Waals surface area (Å²) in [5, 5.41) is -0.168. The molecule has 2 nitrogen and oxygen atoms in total. The van der Waals surface area contributed by atoms with E-state index in [-0.39, 0.29) is 11.2 Å². The molecule has 0 unspecified atom stereocenters. The molecule has 88 valence electrons. The van der Waals surface area contributed by atoms with Crippen LogP contribution in [0.2, 0.25) is 19.6 Å². The first-order valence-corrected chi connectivity index (χ1v) is 9.78. The first-order chi connectivity index (χ1) is 6.88. The first kappa shape index (κ1) is 13.2. The van der Waals surface area contributed by atoms with Crippen molar-refractivity contribution in [1.82, 2.24) is 0 Å². The fraction of sp³-hybridized carbons (Fsp3) is 0.909. The van der Waals surface area contributed by atoms with E-state index in [0.29, 0.717) is 6.10 Å². The highest BCUT2D eigenvalue weighted by atomic mass is 35.5. The molecule has 15 heavy (non-hydrogen) atoms. The molecule has 1 aliphatic carbocycles. The third kappa shape index (κ3) is 5.14. The standard InChI is InChI=1S/C11H21ClO2Si/c1-15(2,3)8-14-10-6-4-9(5-7-10)11(12)13/h9-10H,4-8H2,1-3H3. The molecule has 1 saturated carbocycles. The molecule has 1 fully saturated rings. The summed E-state index contributed by atoms with van der Waals surface area (Å²) in [4.78, 5) is 11.0. The van der Waals surface area contributed by atoms with Crippen LogP contribution in [0, 0.1) is 5.92 Å². The minimum atomic E-state index is -1.10. The van der Waals surface area contributed by atoms with Crippen LogP contribution >= 0.6 is 11.6 Å². The Morgan fingerprint density at radius 1 is 1.27 bits per heavy atom. The van der Waals surface area contributed by atoms with E-state index in [1.165, 1.54) is 0 Å². The highest BCUT2D eigenvalue weighted by Gasteiger charge is 2.26. The van der Waals surface area contributed by atoms with Crippen molar-refractivity contribution in [1.29, 1.82) is 0 Å². The Balaban J connectivity index is 2.23. The predicted octanol–water partition coefficient (Wildman–Crippen LogP) is 3.20. The molecule has 0 aromatic heterocycles. The van der Waals surface area contributed by atoms with Crippen LogP contribution in [0.5, 0.6) is 0 Å². The Hall–Kier alpha value is 0.137. The molecule has 0 heterocycles.